The third-order valence-electron chi connectivity index (χ3n) is 3.90. The predicted octanol–water partition coefficient (Wildman–Crippen LogP) is 1.66. The van der Waals surface area contributed by atoms with E-state index in [1.807, 2.05) is 37.3 Å². The van der Waals surface area contributed by atoms with E-state index in [2.05, 4.69) is 5.32 Å². The molecule has 22 heavy (non-hydrogen) atoms. The van der Waals surface area contributed by atoms with Gasteiger partial charge in [0, 0.05) is 19.7 Å². The van der Waals surface area contributed by atoms with Gasteiger partial charge in [-0.05, 0) is 29.7 Å². The van der Waals surface area contributed by atoms with Gasteiger partial charge in [0.25, 0.3) is 0 Å². The topological polar surface area (TPSA) is 75.4 Å². The van der Waals surface area contributed by atoms with Gasteiger partial charge in [-0.15, -0.1) is 0 Å². The van der Waals surface area contributed by atoms with E-state index in [0.29, 0.717) is 13.1 Å². The Balaban J connectivity index is 2.13. The standard InChI is InChI=1S/C17H23N3O2/c1-12(10-18)11-19-17(22)9-16-15-6-4-3-5-14(15)7-8-20(16)13(2)21/h3-8,12,16H,9-11,18H2,1-2H3,(H,19,22). The van der Waals surface area contributed by atoms with Crippen LogP contribution in [0.2, 0.25) is 0 Å². The van der Waals surface area contributed by atoms with Gasteiger partial charge in [0.05, 0.1) is 12.5 Å². The Hall–Kier alpha value is -2.14. The number of nitrogens with one attached hydrogen (secondary N) is 1. The molecule has 0 aliphatic carbocycles. The summed E-state index contributed by atoms with van der Waals surface area (Å²) in [6.07, 6.45) is 3.91. The summed E-state index contributed by atoms with van der Waals surface area (Å²) < 4.78 is 0. The van der Waals surface area contributed by atoms with Gasteiger partial charge in [0.1, 0.15) is 0 Å². The highest BCUT2D eigenvalue weighted by molar-refractivity contribution is 5.81. The van der Waals surface area contributed by atoms with Crippen molar-refractivity contribution in [2.24, 2.45) is 11.7 Å². The molecule has 3 N–H and O–H groups in total. The Morgan fingerprint density at radius 3 is 2.77 bits per heavy atom. The minimum atomic E-state index is -0.258. The molecule has 1 aliphatic heterocycles. The lowest BCUT2D eigenvalue weighted by molar-refractivity contribution is -0.130. The first kappa shape index (κ1) is 16.2. The van der Waals surface area contributed by atoms with Gasteiger partial charge in [-0.3, -0.25) is 9.59 Å². The van der Waals surface area contributed by atoms with Gasteiger partial charge in [-0.2, -0.15) is 0 Å². The molecule has 118 valence electrons. The number of hydrogen-bond acceptors (Lipinski definition) is 3. The molecule has 0 saturated heterocycles. The van der Waals surface area contributed by atoms with Gasteiger partial charge in [-0.25, -0.2) is 0 Å². The monoisotopic (exact) mass is 301 g/mol. The number of benzene rings is 1. The van der Waals surface area contributed by atoms with Crippen molar-refractivity contribution in [2.75, 3.05) is 13.1 Å². The first-order chi connectivity index (χ1) is 10.5. The average molecular weight is 301 g/mol. The molecule has 1 aromatic rings. The lowest BCUT2D eigenvalue weighted by Gasteiger charge is -2.32. The third-order valence-corrected chi connectivity index (χ3v) is 3.90. The Kier molecular flexibility index (Phi) is 5.33. The molecule has 0 saturated carbocycles. The highest BCUT2D eigenvalue weighted by Gasteiger charge is 2.28. The maximum Gasteiger partial charge on any atom is 0.223 e. The van der Waals surface area contributed by atoms with Crippen LogP contribution in [0.3, 0.4) is 0 Å². The minimum absolute atomic E-state index is 0.0679. The van der Waals surface area contributed by atoms with E-state index in [9.17, 15) is 9.59 Å². The minimum Gasteiger partial charge on any atom is -0.356 e. The van der Waals surface area contributed by atoms with E-state index in [1.165, 1.54) is 6.92 Å². The van der Waals surface area contributed by atoms with E-state index in [0.717, 1.165) is 11.1 Å². The first-order valence-electron chi connectivity index (χ1n) is 7.55. The van der Waals surface area contributed by atoms with E-state index < -0.39 is 0 Å². The molecule has 2 atom stereocenters. The molecule has 5 nitrogen and oxygen atoms in total. The molecule has 1 aliphatic rings. The van der Waals surface area contributed by atoms with Gasteiger partial charge < -0.3 is 16.0 Å². The van der Waals surface area contributed by atoms with Crippen LogP contribution in [0.15, 0.2) is 30.5 Å². The number of fused-ring (bicyclic) bond motifs is 1. The summed E-state index contributed by atoms with van der Waals surface area (Å²) in [5.41, 5.74) is 7.61. The fourth-order valence-electron chi connectivity index (χ4n) is 2.53. The zero-order valence-corrected chi connectivity index (χ0v) is 13.1. The van der Waals surface area contributed by atoms with Crippen molar-refractivity contribution < 1.29 is 9.59 Å². The number of carbonyl (C=O) groups is 2. The molecular weight excluding hydrogens is 278 g/mol. The average Bonchev–Trinajstić information content (AvgIpc) is 2.52. The smallest absolute Gasteiger partial charge is 0.223 e. The largest absolute Gasteiger partial charge is 0.356 e. The van der Waals surface area contributed by atoms with Crippen LogP contribution in [0, 0.1) is 5.92 Å². The van der Waals surface area contributed by atoms with Crippen LogP contribution in [-0.4, -0.2) is 29.8 Å². The summed E-state index contributed by atoms with van der Waals surface area (Å²) in [6, 6.07) is 7.58. The number of nitrogens with zero attached hydrogens (tertiary/aromatic N) is 1. The quantitative estimate of drug-likeness (QED) is 0.868. The van der Waals surface area contributed by atoms with Crippen molar-refractivity contribution in [2.45, 2.75) is 26.3 Å². The van der Waals surface area contributed by atoms with Gasteiger partial charge in [-0.1, -0.05) is 31.2 Å². The summed E-state index contributed by atoms with van der Waals surface area (Å²) >= 11 is 0. The molecule has 2 unspecified atom stereocenters. The lowest BCUT2D eigenvalue weighted by atomic mass is 9.93. The highest BCUT2D eigenvalue weighted by Crippen LogP contribution is 2.32. The predicted molar refractivity (Wildman–Crippen MR) is 86.6 cm³/mol. The molecule has 0 radical (unpaired) electrons. The van der Waals surface area contributed by atoms with Gasteiger partial charge in [0.15, 0.2) is 0 Å². The Morgan fingerprint density at radius 2 is 2.09 bits per heavy atom. The Bertz CT molecular complexity index is 583. The molecule has 0 bridgehead atoms. The van der Waals surface area contributed by atoms with Crippen molar-refractivity contribution in [1.29, 1.82) is 0 Å². The fourth-order valence-corrected chi connectivity index (χ4v) is 2.53. The molecule has 1 heterocycles. The first-order valence-corrected chi connectivity index (χ1v) is 7.55. The van der Waals surface area contributed by atoms with E-state index >= 15 is 0 Å². The van der Waals surface area contributed by atoms with Crippen molar-refractivity contribution >= 4 is 17.9 Å². The summed E-state index contributed by atoms with van der Waals surface area (Å²) in [7, 11) is 0. The maximum absolute atomic E-state index is 12.2. The van der Waals surface area contributed by atoms with E-state index in [4.69, 9.17) is 5.73 Å². The Labute approximate surface area is 131 Å². The fraction of sp³-hybridized carbons (Fsp3) is 0.412. The molecule has 5 heteroatoms. The summed E-state index contributed by atoms with van der Waals surface area (Å²) in [4.78, 5) is 25.7. The van der Waals surface area contributed by atoms with Crippen LogP contribution in [0.1, 0.15) is 37.4 Å². The Morgan fingerprint density at radius 1 is 1.36 bits per heavy atom. The number of rotatable bonds is 5. The van der Waals surface area contributed by atoms with Crippen molar-refractivity contribution in [3.63, 3.8) is 0 Å². The summed E-state index contributed by atoms with van der Waals surface area (Å²) in [5, 5.41) is 2.89. The van der Waals surface area contributed by atoms with Gasteiger partial charge >= 0.3 is 0 Å². The molecule has 2 rings (SSSR count). The second-order valence-electron chi connectivity index (χ2n) is 5.74. The van der Waals surface area contributed by atoms with Crippen LogP contribution in [0.4, 0.5) is 0 Å². The molecule has 2 amide bonds. The maximum atomic E-state index is 12.2. The van der Waals surface area contributed by atoms with Crippen molar-refractivity contribution in [1.82, 2.24) is 10.2 Å². The van der Waals surface area contributed by atoms with E-state index in [1.54, 1.807) is 11.1 Å². The van der Waals surface area contributed by atoms with Crippen molar-refractivity contribution in [3.05, 3.63) is 41.6 Å². The van der Waals surface area contributed by atoms with Crippen LogP contribution < -0.4 is 11.1 Å². The van der Waals surface area contributed by atoms with Crippen LogP contribution in [-0.2, 0) is 9.59 Å². The van der Waals surface area contributed by atoms with Crippen molar-refractivity contribution in [3.8, 4) is 0 Å². The third kappa shape index (κ3) is 3.74. The molecule has 1 aromatic carbocycles. The molecule has 0 spiro atoms. The lowest BCUT2D eigenvalue weighted by Crippen LogP contribution is -2.37. The second-order valence-corrected chi connectivity index (χ2v) is 5.74. The molecule has 0 fully saturated rings. The number of hydrogen-bond donors (Lipinski definition) is 2. The summed E-state index contributed by atoms with van der Waals surface area (Å²) in [5.74, 6) is 0.104. The second kappa shape index (κ2) is 7.22. The highest BCUT2D eigenvalue weighted by atomic mass is 16.2. The zero-order valence-electron chi connectivity index (χ0n) is 13.1. The van der Waals surface area contributed by atoms with Crippen LogP contribution in [0.5, 0.6) is 0 Å². The van der Waals surface area contributed by atoms with E-state index in [-0.39, 0.29) is 30.2 Å². The normalized spacial score (nSPS) is 17.8. The number of nitrogens with two attached hydrogens (primary N) is 1. The van der Waals surface area contributed by atoms with Crippen LogP contribution in [0.25, 0.3) is 6.08 Å². The number of carbonyl (C=O) groups excluding carboxylic acids is 2. The van der Waals surface area contributed by atoms with Gasteiger partial charge in [0.2, 0.25) is 11.8 Å². The van der Waals surface area contributed by atoms with Crippen LogP contribution >= 0.6 is 0 Å². The molecule has 0 aromatic heterocycles. The molecular formula is C17H23N3O2. The number of amides is 2. The summed E-state index contributed by atoms with van der Waals surface area (Å²) in [6.45, 7) is 4.59. The zero-order chi connectivity index (χ0) is 16.1. The SMILES string of the molecule is CC(=O)N1C=Cc2ccccc2C1CC(=O)NCC(C)CN.